The van der Waals surface area contributed by atoms with Gasteiger partial charge in [-0.3, -0.25) is 0 Å². The molecular formula is C13H18N2O5S. The number of benzene rings is 1. The first-order valence-electron chi connectivity index (χ1n) is 6.59. The Hall–Kier alpha value is -1.64. The number of primary sulfonamides is 1. The Balaban J connectivity index is 2.17. The molecule has 1 aromatic carbocycles. The Morgan fingerprint density at radius 3 is 2.62 bits per heavy atom. The van der Waals surface area contributed by atoms with Crippen LogP contribution in [0.4, 0.5) is 5.69 Å². The number of sulfonamides is 1. The van der Waals surface area contributed by atoms with E-state index in [1.165, 1.54) is 12.1 Å². The monoisotopic (exact) mass is 314 g/mol. The van der Waals surface area contributed by atoms with E-state index in [9.17, 15) is 23.4 Å². The van der Waals surface area contributed by atoms with Crippen LogP contribution in [0.2, 0.25) is 0 Å². The molecule has 7 nitrogen and oxygen atoms in total. The van der Waals surface area contributed by atoms with Crippen LogP contribution in [0.5, 0.6) is 0 Å². The van der Waals surface area contributed by atoms with Crippen molar-refractivity contribution in [1.82, 2.24) is 0 Å². The first kappa shape index (κ1) is 15.7. The maximum atomic E-state index is 11.3. The van der Waals surface area contributed by atoms with Crippen molar-refractivity contribution >= 4 is 21.7 Å². The predicted molar refractivity (Wildman–Crippen MR) is 76.6 cm³/mol. The van der Waals surface area contributed by atoms with E-state index in [2.05, 4.69) is 5.32 Å². The minimum Gasteiger partial charge on any atom is -0.478 e. The Kier molecular flexibility index (Phi) is 4.50. The van der Waals surface area contributed by atoms with Crippen LogP contribution in [0.3, 0.4) is 0 Å². The number of carboxylic acids is 1. The van der Waals surface area contributed by atoms with Crippen molar-refractivity contribution in [2.75, 3.05) is 11.9 Å². The smallest absolute Gasteiger partial charge is 0.337 e. The van der Waals surface area contributed by atoms with Gasteiger partial charge in [-0.05, 0) is 43.4 Å². The maximum absolute atomic E-state index is 11.3. The molecule has 116 valence electrons. The quantitative estimate of drug-likeness (QED) is 0.630. The normalized spacial score (nSPS) is 22.2. The first-order valence-corrected chi connectivity index (χ1v) is 8.14. The summed E-state index contributed by atoms with van der Waals surface area (Å²) in [5.41, 5.74) is 0.205. The number of carboxylic acid groups (broad SMARTS) is 1. The number of hydrogen-bond acceptors (Lipinski definition) is 5. The van der Waals surface area contributed by atoms with Crippen molar-refractivity contribution < 1.29 is 23.4 Å². The highest BCUT2D eigenvalue weighted by Gasteiger charge is 2.23. The second kappa shape index (κ2) is 6.00. The van der Waals surface area contributed by atoms with Gasteiger partial charge >= 0.3 is 5.97 Å². The third-order valence-electron chi connectivity index (χ3n) is 3.64. The van der Waals surface area contributed by atoms with Crippen molar-refractivity contribution in [2.24, 2.45) is 11.1 Å². The average molecular weight is 314 g/mol. The van der Waals surface area contributed by atoms with Gasteiger partial charge < -0.3 is 15.5 Å². The number of aromatic carboxylic acids is 1. The summed E-state index contributed by atoms with van der Waals surface area (Å²) in [4.78, 5) is 11.0. The van der Waals surface area contributed by atoms with Gasteiger partial charge in [0.15, 0.2) is 0 Å². The summed E-state index contributed by atoms with van der Waals surface area (Å²) in [5, 5.41) is 26.6. The standard InChI is InChI=1S/C13H18N2O5S/c14-21(19,20)10-3-4-12(11(6-10)13(17)18)15-7-8-1-2-9(16)5-8/h3-4,6,8-9,15-16H,1-2,5,7H2,(H,17,18)(H2,14,19,20). The highest BCUT2D eigenvalue weighted by atomic mass is 32.2. The van der Waals surface area contributed by atoms with Gasteiger partial charge in [-0.25, -0.2) is 18.4 Å². The highest BCUT2D eigenvalue weighted by molar-refractivity contribution is 7.89. The van der Waals surface area contributed by atoms with Crippen LogP contribution in [0.1, 0.15) is 29.6 Å². The lowest BCUT2D eigenvalue weighted by atomic mass is 10.1. The lowest BCUT2D eigenvalue weighted by Crippen LogP contribution is -2.17. The molecule has 1 aliphatic carbocycles. The van der Waals surface area contributed by atoms with Gasteiger partial charge in [0.05, 0.1) is 16.6 Å². The van der Waals surface area contributed by atoms with Gasteiger partial charge in [0, 0.05) is 12.2 Å². The fourth-order valence-corrected chi connectivity index (χ4v) is 3.06. The topological polar surface area (TPSA) is 130 Å². The lowest BCUT2D eigenvalue weighted by Gasteiger charge is -2.14. The molecular weight excluding hydrogens is 296 g/mol. The van der Waals surface area contributed by atoms with Crippen molar-refractivity contribution in [3.05, 3.63) is 23.8 Å². The van der Waals surface area contributed by atoms with Gasteiger partial charge in [0.2, 0.25) is 10.0 Å². The number of hydrogen-bond donors (Lipinski definition) is 4. The second-order valence-electron chi connectivity index (χ2n) is 5.27. The van der Waals surface area contributed by atoms with Gasteiger partial charge in [0.25, 0.3) is 0 Å². The number of nitrogens with one attached hydrogen (secondary N) is 1. The van der Waals surface area contributed by atoms with E-state index < -0.39 is 16.0 Å². The molecule has 0 saturated heterocycles. The Morgan fingerprint density at radius 2 is 2.10 bits per heavy atom. The second-order valence-corrected chi connectivity index (χ2v) is 6.83. The highest BCUT2D eigenvalue weighted by Crippen LogP contribution is 2.27. The summed E-state index contributed by atoms with van der Waals surface area (Å²) in [6.07, 6.45) is 2.03. The molecule has 1 aromatic rings. The van der Waals surface area contributed by atoms with E-state index in [4.69, 9.17) is 5.14 Å². The maximum Gasteiger partial charge on any atom is 0.337 e. The number of nitrogens with two attached hydrogens (primary N) is 1. The largest absolute Gasteiger partial charge is 0.478 e. The molecule has 0 aliphatic heterocycles. The van der Waals surface area contributed by atoms with Gasteiger partial charge in [-0.15, -0.1) is 0 Å². The number of aliphatic hydroxyl groups excluding tert-OH is 1. The molecule has 2 unspecified atom stereocenters. The van der Waals surface area contributed by atoms with Crippen LogP contribution in [0.25, 0.3) is 0 Å². The minimum atomic E-state index is -3.94. The van der Waals surface area contributed by atoms with Crippen LogP contribution in [-0.2, 0) is 10.0 Å². The summed E-state index contributed by atoms with van der Waals surface area (Å²) < 4.78 is 22.5. The Labute approximate surface area is 122 Å². The van der Waals surface area contributed by atoms with E-state index in [-0.39, 0.29) is 22.5 Å². The van der Waals surface area contributed by atoms with Crippen LogP contribution >= 0.6 is 0 Å². The third-order valence-corrected chi connectivity index (χ3v) is 4.56. The summed E-state index contributed by atoms with van der Waals surface area (Å²) in [5.74, 6) is -0.950. The van der Waals surface area contributed by atoms with E-state index in [0.29, 0.717) is 18.7 Å². The summed E-state index contributed by atoms with van der Waals surface area (Å²) in [7, 11) is -3.94. The molecule has 0 spiro atoms. The molecule has 1 saturated carbocycles. The van der Waals surface area contributed by atoms with Crippen LogP contribution in [0, 0.1) is 5.92 Å². The van der Waals surface area contributed by atoms with Crippen molar-refractivity contribution in [1.29, 1.82) is 0 Å². The zero-order chi connectivity index (χ0) is 15.6. The first-order chi connectivity index (χ1) is 9.77. The third kappa shape index (κ3) is 3.93. The molecule has 0 heterocycles. The molecule has 5 N–H and O–H groups in total. The molecule has 21 heavy (non-hydrogen) atoms. The predicted octanol–water partition coefficient (Wildman–Crippen LogP) is 0.605. The van der Waals surface area contributed by atoms with Gasteiger partial charge in [-0.2, -0.15) is 0 Å². The van der Waals surface area contributed by atoms with E-state index in [0.717, 1.165) is 18.9 Å². The fraction of sp³-hybridized carbons (Fsp3) is 0.462. The van der Waals surface area contributed by atoms with E-state index in [1.54, 1.807) is 0 Å². The fourth-order valence-electron chi connectivity index (χ4n) is 2.52. The molecule has 0 bridgehead atoms. The van der Waals surface area contributed by atoms with Crippen LogP contribution in [-0.4, -0.2) is 37.2 Å². The number of rotatable bonds is 5. The summed E-state index contributed by atoms with van der Waals surface area (Å²) in [6, 6.07) is 3.71. The Morgan fingerprint density at radius 1 is 1.38 bits per heavy atom. The number of aliphatic hydroxyl groups is 1. The van der Waals surface area contributed by atoms with Crippen molar-refractivity contribution in [3.8, 4) is 0 Å². The molecule has 0 amide bonds. The molecule has 2 rings (SSSR count). The number of carbonyl (C=O) groups is 1. The van der Waals surface area contributed by atoms with E-state index in [1.807, 2.05) is 0 Å². The Bertz CT molecular complexity index is 644. The lowest BCUT2D eigenvalue weighted by molar-refractivity contribution is 0.0697. The number of anilines is 1. The SMILES string of the molecule is NS(=O)(=O)c1ccc(NCC2CCC(O)C2)c(C(=O)O)c1. The van der Waals surface area contributed by atoms with Crippen LogP contribution in [0.15, 0.2) is 23.1 Å². The van der Waals surface area contributed by atoms with Crippen molar-refractivity contribution in [3.63, 3.8) is 0 Å². The molecule has 2 atom stereocenters. The van der Waals surface area contributed by atoms with E-state index >= 15 is 0 Å². The average Bonchev–Trinajstić information content (AvgIpc) is 2.80. The molecule has 1 aliphatic rings. The summed E-state index contributed by atoms with van der Waals surface area (Å²) in [6.45, 7) is 0.534. The molecule has 0 radical (unpaired) electrons. The minimum absolute atomic E-state index is 0.139. The van der Waals surface area contributed by atoms with Gasteiger partial charge in [0.1, 0.15) is 0 Å². The molecule has 1 fully saturated rings. The van der Waals surface area contributed by atoms with Crippen molar-refractivity contribution in [2.45, 2.75) is 30.3 Å². The zero-order valence-electron chi connectivity index (χ0n) is 11.3. The van der Waals surface area contributed by atoms with Crippen LogP contribution < -0.4 is 10.5 Å². The summed E-state index contributed by atoms with van der Waals surface area (Å²) >= 11 is 0. The van der Waals surface area contributed by atoms with Gasteiger partial charge in [-0.1, -0.05) is 0 Å². The molecule has 8 heteroatoms. The molecule has 0 aromatic heterocycles. The zero-order valence-corrected chi connectivity index (χ0v) is 12.1.